The van der Waals surface area contributed by atoms with Crippen molar-refractivity contribution in [2.45, 2.75) is 25.7 Å². The van der Waals surface area contributed by atoms with E-state index in [1.54, 1.807) is 181 Å². The minimum atomic E-state index is -0.611. The third kappa shape index (κ3) is 17.3. The molecule has 0 atom stereocenters. The lowest BCUT2D eigenvalue weighted by Crippen LogP contribution is -2.46. The summed E-state index contributed by atoms with van der Waals surface area (Å²) in [5, 5.41) is 19.9. The number of ether oxygens (including phenoxy) is 4. The number of hydrogen-bond acceptors (Lipinski definition) is 21. The second kappa shape index (κ2) is 38.2. The lowest BCUT2D eigenvalue weighted by molar-refractivity contribution is -0.123. The number of benzene rings is 10. The molecular formula is C96H90N12O18. The van der Waals surface area contributed by atoms with Crippen LogP contribution in [0.3, 0.4) is 0 Å². The van der Waals surface area contributed by atoms with Gasteiger partial charge in [0, 0.05) is 246 Å². The molecule has 30 heteroatoms. The molecule has 10 aromatic rings. The van der Waals surface area contributed by atoms with Gasteiger partial charge in [0.1, 0.15) is 49.4 Å². The molecule has 10 aromatic carbocycles. The summed E-state index contributed by atoms with van der Waals surface area (Å²) in [6, 6.07) is 41.9. The summed E-state index contributed by atoms with van der Waals surface area (Å²) in [5.41, 5.74) is 3.40. The maximum Gasteiger partial charge on any atom is 0.261 e. The summed E-state index contributed by atoms with van der Waals surface area (Å²) in [7, 11) is 0. The van der Waals surface area contributed by atoms with Gasteiger partial charge in [0.05, 0.1) is 0 Å². The molecule has 0 radical (unpaired) electrons. The van der Waals surface area contributed by atoms with Crippen molar-refractivity contribution in [3.8, 4) is 23.0 Å². The first-order valence-electron chi connectivity index (χ1n) is 41.5. The average molecular weight is 1700 g/mol. The molecule has 0 unspecified atom stereocenters. The van der Waals surface area contributed by atoms with Gasteiger partial charge in [0.15, 0.2) is 0 Å². The minimum absolute atomic E-state index is 0.00680. The molecule has 0 saturated heterocycles. The summed E-state index contributed by atoms with van der Waals surface area (Å²) in [4.78, 5) is 205. The molecule has 0 spiro atoms. The van der Waals surface area contributed by atoms with Crippen LogP contribution >= 0.6 is 0 Å². The Morgan fingerprint density at radius 3 is 0.770 bits per heavy atom. The fraction of sp³-hybridized carbons (Fsp3) is 0.250. The fourth-order valence-electron chi connectivity index (χ4n) is 16.8. The molecule has 5 heterocycles. The number of imide groups is 5. The second-order valence-electron chi connectivity index (χ2n) is 30.5. The number of rotatable bonds is 43. The average Bonchev–Trinajstić information content (AvgIpc) is 0.764. The first-order valence-corrected chi connectivity index (χ1v) is 41.5. The van der Waals surface area contributed by atoms with Crippen LogP contribution < -0.4 is 45.5 Å². The molecule has 0 aliphatic carbocycles. The summed E-state index contributed by atoms with van der Waals surface area (Å²) < 4.78 is 23.3. The minimum Gasteiger partial charge on any atom is -0.489 e. The van der Waals surface area contributed by atoms with Crippen LogP contribution in [0.15, 0.2) is 202 Å². The highest BCUT2D eigenvalue weighted by Crippen LogP contribution is 2.42. The number of carbonyl (C=O) groups excluding carboxylic acids is 14. The number of nitrogens with one attached hydrogen (secondary N) is 5. The monoisotopic (exact) mass is 1700 g/mol. The lowest BCUT2D eigenvalue weighted by atomic mass is 9.93. The summed E-state index contributed by atoms with van der Waals surface area (Å²) in [6.07, 6.45) is 5.87. The van der Waals surface area contributed by atoms with E-state index in [9.17, 15) is 67.1 Å². The summed E-state index contributed by atoms with van der Waals surface area (Å²) in [5.74, 6) is -5.34. The first kappa shape index (κ1) is 85.9. The predicted molar refractivity (Wildman–Crippen MR) is 471 cm³/mol. The van der Waals surface area contributed by atoms with E-state index in [1.807, 2.05) is 4.90 Å². The third-order valence-electron chi connectivity index (χ3n) is 22.9. The molecular weight excluding hydrogens is 1610 g/mol. The van der Waals surface area contributed by atoms with Crippen molar-refractivity contribution in [3.05, 3.63) is 258 Å². The van der Waals surface area contributed by atoms with Crippen LogP contribution in [0.1, 0.15) is 129 Å². The van der Waals surface area contributed by atoms with Crippen LogP contribution in [0.2, 0.25) is 0 Å². The standard InChI is InChI=1S/C96H90N12O18/c1-5-54-123-74-30-25-69-83-59(74)15-10-20-64(83)87(113)104(92(69)118)48-39-98-78(109)34-43-102(44-35-79(110)99-40-49-105-88(114)65-21-11-16-60-75(124-55-6-2)31-26-70(84(60)65)93(105)119)47-38-97-73-29-24-68-82-58(73)14-9-19-63(82)91(117)108(96(68)122)53-52-103(45-36-80(111)100-41-50-106-89(115)66-22-12-17-61-76(125-56-7-3)32-27-71(85(61)66)94(106)120)46-37-81(112)101-42-51-107-90(116)67-23-13-18-62-77(126-57-8-4)33-28-72(86(62)67)95(107)121/h5-33,97H,1-4,34-57H2,(H,98,109)(H,99,110)(H,100,111)(H,101,112). The Kier molecular flexibility index (Phi) is 26.0. The Labute approximate surface area is 723 Å². The normalized spacial score (nSPS) is 13.8. The molecule has 14 amide bonds. The first-order chi connectivity index (χ1) is 61.2. The number of anilines is 1. The molecule has 642 valence electrons. The second-order valence-corrected chi connectivity index (χ2v) is 30.5. The van der Waals surface area contributed by atoms with Crippen LogP contribution in [-0.4, -0.2) is 248 Å². The molecule has 0 bridgehead atoms. The predicted octanol–water partition coefficient (Wildman–Crippen LogP) is 9.53. The van der Waals surface area contributed by atoms with E-state index in [-0.39, 0.29) is 168 Å². The van der Waals surface area contributed by atoms with Gasteiger partial charge in [-0.25, -0.2) is 0 Å². The van der Waals surface area contributed by atoms with Crippen molar-refractivity contribution in [3.63, 3.8) is 0 Å². The van der Waals surface area contributed by atoms with Crippen LogP contribution in [0, 0.1) is 0 Å². The highest BCUT2D eigenvalue weighted by molar-refractivity contribution is 6.30. The van der Waals surface area contributed by atoms with Crippen LogP contribution in [0.5, 0.6) is 23.0 Å². The van der Waals surface area contributed by atoms with Gasteiger partial charge in [-0.3, -0.25) is 91.6 Å². The van der Waals surface area contributed by atoms with Crippen molar-refractivity contribution in [2.24, 2.45) is 0 Å². The zero-order valence-corrected chi connectivity index (χ0v) is 69.0. The third-order valence-corrected chi connectivity index (χ3v) is 22.9. The van der Waals surface area contributed by atoms with Gasteiger partial charge in [0.2, 0.25) is 23.6 Å². The van der Waals surface area contributed by atoms with E-state index in [0.29, 0.717) is 127 Å². The highest BCUT2D eigenvalue weighted by atomic mass is 16.5. The molecule has 5 aliphatic heterocycles. The van der Waals surface area contributed by atoms with Crippen molar-refractivity contribution in [2.75, 3.05) is 136 Å². The number of hydrogen-bond donors (Lipinski definition) is 5. The number of nitrogens with zero attached hydrogens (tertiary/aromatic N) is 7. The van der Waals surface area contributed by atoms with Gasteiger partial charge < -0.3 is 55.3 Å². The van der Waals surface area contributed by atoms with Crippen molar-refractivity contribution in [1.82, 2.24) is 55.6 Å². The molecule has 0 saturated carbocycles. The number of carbonyl (C=O) groups is 14. The van der Waals surface area contributed by atoms with Crippen LogP contribution in [0.25, 0.3) is 53.9 Å². The van der Waals surface area contributed by atoms with E-state index in [1.165, 1.54) is 0 Å². The Morgan fingerprint density at radius 2 is 0.500 bits per heavy atom. The summed E-state index contributed by atoms with van der Waals surface area (Å²) in [6.45, 7) is 15.2. The van der Waals surface area contributed by atoms with Gasteiger partial charge in [-0.15, -0.1) is 0 Å². The Bertz CT molecular complexity index is 5840. The van der Waals surface area contributed by atoms with E-state index in [2.05, 4.69) is 52.9 Å². The van der Waals surface area contributed by atoms with Gasteiger partial charge in [-0.1, -0.05) is 111 Å². The Hall–Kier alpha value is -15.0. The fourth-order valence-corrected chi connectivity index (χ4v) is 16.8. The molecule has 5 aliphatic rings. The molecule has 0 aromatic heterocycles. The SMILES string of the molecule is C=CCOc1ccc2c3c(cccc13)C(=O)N(CCNC(=O)CCN(CCNc1ccc3c4c(cccc14)C(=O)N(CCN(CCC(=O)NCCN1C(=O)c4cccc5c(OCC=C)ccc(c45)C1=O)CCC(=O)NCCN1C(=O)c4cccc5c(OCC=C)ccc(c45)C1=O)C3=O)CCC(=O)NCCN1C(=O)c3cccc4c(OCC=C)ccc(c34)C1=O)C2=O. The van der Waals surface area contributed by atoms with E-state index in [0.717, 1.165) is 24.5 Å². The summed E-state index contributed by atoms with van der Waals surface area (Å²) >= 11 is 0. The van der Waals surface area contributed by atoms with Crippen molar-refractivity contribution >= 4 is 142 Å². The molecule has 0 fully saturated rings. The molecule has 15 rings (SSSR count). The van der Waals surface area contributed by atoms with Crippen LogP contribution in [0.4, 0.5) is 5.69 Å². The maximum absolute atomic E-state index is 14.8. The zero-order chi connectivity index (χ0) is 88.4. The number of amides is 14. The van der Waals surface area contributed by atoms with Gasteiger partial charge in [-0.2, -0.15) is 0 Å². The van der Waals surface area contributed by atoms with Crippen LogP contribution in [-0.2, 0) is 19.2 Å². The molecule has 30 nitrogen and oxygen atoms in total. The largest absolute Gasteiger partial charge is 0.489 e. The van der Waals surface area contributed by atoms with Crippen molar-refractivity contribution < 1.29 is 86.1 Å². The molecule has 126 heavy (non-hydrogen) atoms. The van der Waals surface area contributed by atoms with Gasteiger partial charge in [0.25, 0.3) is 59.1 Å². The quantitative estimate of drug-likeness (QED) is 0.0175. The molecule has 5 N–H and O–H groups in total. The van der Waals surface area contributed by atoms with Crippen molar-refractivity contribution in [1.29, 1.82) is 0 Å². The van der Waals surface area contributed by atoms with E-state index in [4.69, 9.17) is 18.9 Å². The Balaban J connectivity index is 0.593. The zero-order valence-electron chi connectivity index (χ0n) is 69.0. The maximum atomic E-state index is 14.8. The van der Waals surface area contributed by atoms with Gasteiger partial charge in [-0.05, 0) is 91.0 Å². The topological polar surface area (TPSA) is 359 Å². The smallest absolute Gasteiger partial charge is 0.261 e. The van der Waals surface area contributed by atoms with Gasteiger partial charge >= 0.3 is 0 Å². The van der Waals surface area contributed by atoms with E-state index >= 15 is 0 Å². The highest BCUT2D eigenvalue weighted by Gasteiger charge is 2.40. The lowest BCUT2D eigenvalue weighted by Gasteiger charge is -2.30. The Morgan fingerprint density at radius 1 is 0.270 bits per heavy atom. The van der Waals surface area contributed by atoms with E-state index < -0.39 is 82.7 Å².